The molecule has 7 heteroatoms. The predicted molar refractivity (Wildman–Crippen MR) is 112 cm³/mol. The predicted octanol–water partition coefficient (Wildman–Crippen LogP) is 2.47. The third-order valence-electron chi connectivity index (χ3n) is 6.25. The fraction of sp³-hybridized carbons (Fsp3) is 0.636. The Kier molecular flexibility index (Phi) is 7.61. The van der Waals surface area contributed by atoms with Crippen LogP contribution in [0, 0.1) is 11.7 Å². The molecule has 2 amide bonds. The van der Waals surface area contributed by atoms with Crippen molar-refractivity contribution in [2.24, 2.45) is 5.92 Å². The fourth-order valence-corrected chi connectivity index (χ4v) is 4.27. The van der Waals surface area contributed by atoms with E-state index in [1.54, 1.807) is 12.1 Å². The average molecular weight is 405 g/mol. The highest BCUT2D eigenvalue weighted by Crippen LogP contribution is 2.23. The Balaban J connectivity index is 1.41. The second kappa shape index (κ2) is 10.2. The summed E-state index contributed by atoms with van der Waals surface area (Å²) in [7, 11) is 0. The standard InChI is InChI=1S/C22H33FN4O2/c1-16-6-3-4-9-20(16)25-21(28)15-26-10-12-27(13-11-26)17(2)22(29)24-19-8-5-7-18(23)14-19/h5,7-8,14,16-17,20H,3-4,6,9-13,15H2,1-2H3,(H,24,29)(H,25,28). The number of hydrogen-bond donors (Lipinski definition) is 2. The third kappa shape index (κ3) is 6.24. The molecule has 6 nitrogen and oxygen atoms in total. The smallest absolute Gasteiger partial charge is 0.241 e. The van der Waals surface area contributed by atoms with Gasteiger partial charge in [0.2, 0.25) is 11.8 Å². The van der Waals surface area contributed by atoms with E-state index in [1.165, 1.54) is 31.4 Å². The average Bonchev–Trinajstić information content (AvgIpc) is 2.70. The molecule has 1 heterocycles. The van der Waals surface area contributed by atoms with Crippen molar-refractivity contribution in [3.63, 3.8) is 0 Å². The van der Waals surface area contributed by atoms with Crippen molar-refractivity contribution in [2.75, 3.05) is 38.0 Å². The van der Waals surface area contributed by atoms with Crippen molar-refractivity contribution in [1.82, 2.24) is 15.1 Å². The van der Waals surface area contributed by atoms with Gasteiger partial charge in [-0.1, -0.05) is 25.8 Å². The summed E-state index contributed by atoms with van der Waals surface area (Å²) >= 11 is 0. The van der Waals surface area contributed by atoms with E-state index in [1.807, 2.05) is 6.92 Å². The van der Waals surface area contributed by atoms with Gasteiger partial charge >= 0.3 is 0 Å². The van der Waals surface area contributed by atoms with E-state index in [-0.39, 0.29) is 23.7 Å². The molecule has 3 rings (SSSR count). The lowest BCUT2D eigenvalue weighted by Crippen LogP contribution is -2.55. The first-order valence-corrected chi connectivity index (χ1v) is 10.7. The van der Waals surface area contributed by atoms with Crippen LogP contribution in [0.1, 0.15) is 39.5 Å². The molecule has 1 saturated carbocycles. The highest BCUT2D eigenvalue weighted by Gasteiger charge is 2.28. The molecule has 1 aliphatic carbocycles. The number of anilines is 1. The Morgan fingerprint density at radius 3 is 2.59 bits per heavy atom. The van der Waals surface area contributed by atoms with Gasteiger partial charge in [0.15, 0.2) is 0 Å². The van der Waals surface area contributed by atoms with Gasteiger partial charge in [0.25, 0.3) is 0 Å². The normalized spacial score (nSPS) is 24.7. The topological polar surface area (TPSA) is 64.7 Å². The number of carbonyl (C=O) groups is 2. The van der Waals surface area contributed by atoms with Crippen LogP contribution in [-0.2, 0) is 9.59 Å². The lowest BCUT2D eigenvalue weighted by atomic mass is 9.86. The van der Waals surface area contributed by atoms with Crippen molar-refractivity contribution in [2.45, 2.75) is 51.6 Å². The van der Waals surface area contributed by atoms with Gasteiger partial charge in [-0.05, 0) is 43.9 Å². The second-order valence-corrected chi connectivity index (χ2v) is 8.42. The molecule has 1 aromatic carbocycles. The molecule has 1 saturated heterocycles. The first-order chi connectivity index (χ1) is 13.9. The molecule has 1 aliphatic heterocycles. The van der Waals surface area contributed by atoms with Gasteiger partial charge in [-0.2, -0.15) is 0 Å². The van der Waals surface area contributed by atoms with Crippen LogP contribution in [-0.4, -0.2) is 66.4 Å². The van der Waals surface area contributed by atoms with E-state index >= 15 is 0 Å². The van der Waals surface area contributed by atoms with E-state index in [2.05, 4.69) is 27.4 Å². The molecular formula is C22H33FN4O2. The number of nitrogens with zero attached hydrogens (tertiary/aromatic N) is 2. The molecule has 2 aliphatic rings. The second-order valence-electron chi connectivity index (χ2n) is 8.42. The number of nitrogens with one attached hydrogen (secondary N) is 2. The van der Waals surface area contributed by atoms with E-state index in [9.17, 15) is 14.0 Å². The van der Waals surface area contributed by atoms with Gasteiger partial charge in [-0.25, -0.2) is 4.39 Å². The van der Waals surface area contributed by atoms with E-state index < -0.39 is 0 Å². The maximum Gasteiger partial charge on any atom is 0.241 e. The molecule has 0 spiro atoms. The van der Waals surface area contributed by atoms with Crippen LogP contribution in [0.15, 0.2) is 24.3 Å². The molecule has 1 aromatic rings. The van der Waals surface area contributed by atoms with Gasteiger partial charge in [0.05, 0.1) is 12.6 Å². The minimum absolute atomic E-state index is 0.106. The Morgan fingerprint density at radius 2 is 1.90 bits per heavy atom. The Bertz CT molecular complexity index is 706. The molecule has 29 heavy (non-hydrogen) atoms. The molecular weight excluding hydrogens is 371 g/mol. The number of amides is 2. The summed E-state index contributed by atoms with van der Waals surface area (Å²) in [5, 5.41) is 5.99. The maximum atomic E-state index is 13.3. The SMILES string of the molecule is CC1CCCCC1NC(=O)CN1CCN(C(C)C(=O)Nc2cccc(F)c2)CC1. The molecule has 2 fully saturated rings. The minimum atomic E-state index is -0.370. The quantitative estimate of drug-likeness (QED) is 0.765. The van der Waals surface area contributed by atoms with Crippen LogP contribution in [0.2, 0.25) is 0 Å². The zero-order valence-corrected chi connectivity index (χ0v) is 17.5. The van der Waals surface area contributed by atoms with Crippen molar-refractivity contribution >= 4 is 17.5 Å². The molecule has 0 radical (unpaired) electrons. The summed E-state index contributed by atoms with van der Waals surface area (Å²) in [4.78, 5) is 29.2. The van der Waals surface area contributed by atoms with Crippen molar-refractivity contribution in [3.05, 3.63) is 30.1 Å². The van der Waals surface area contributed by atoms with Gasteiger partial charge in [0.1, 0.15) is 5.82 Å². The summed E-state index contributed by atoms with van der Waals surface area (Å²) in [6, 6.07) is 5.92. The van der Waals surface area contributed by atoms with Crippen LogP contribution in [0.25, 0.3) is 0 Å². The molecule has 160 valence electrons. The van der Waals surface area contributed by atoms with Gasteiger partial charge in [-0.3, -0.25) is 19.4 Å². The zero-order chi connectivity index (χ0) is 20.8. The van der Waals surface area contributed by atoms with Crippen molar-refractivity contribution < 1.29 is 14.0 Å². The molecule has 3 atom stereocenters. The fourth-order valence-electron chi connectivity index (χ4n) is 4.27. The molecule has 0 bridgehead atoms. The van der Waals surface area contributed by atoms with E-state index in [0.29, 0.717) is 24.2 Å². The van der Waals surface area contributed by atoms with Crippen LogP contribution >= 0.6 is 0 Å². The van der Waals surface area contributed by atoms with Crippen molar-refractivity contribution in [1.29, 1.82) is 0 Å². The van der Waals surface area contributed by atoms with E-state index in [4.69, 9.17) is 0 Å². The number of piperazine rings is 1. The molecule has 2 N–H and O–H groups in total. The Morgan fingerprint density at radius 1 is 1.17 bits per heavy atom. The van der Waals surface area contributed by atoms with Crippen LogP contribution < -0.4 is 10.6 Å². The Hall–Kier alpha value is -1.99. The van der Waals surface area contributed by atoms with Gasteiger partial charge in [-0.15, -0.1) is 0 Å². The highest BCUT2D eigenvalue weighted by atomic mass is 19.1. The highest BCUT2D eigenvalue weighted by molar-refractivity contribution is 5.94. The molecule has 0 aromatic heterocycles. The number of hydrogen-bond acceptors (Lipinski definition) is 4. The van der Waals surface area contributed by atoms with Crippen molar-refractivity contribution in [3.8, 4) is 0 Å². The number of carbonyl (C=O) groups excluding carboxylic acids is 2. The summed E-state index contributed by atoms with van der Waals surface area (Å²) in [5.41, 5.74) is 0.467. The third-order valence-corrected chi connectivity index (χ3v) is 6.25. The summed E-state index contributed by atoms with van der Waals surface area (Å²) < 4.78 is 13.3. The van der Waals surface area contributed by atoms with E-state index in [0.717, 1.165) is 32.6 Å². The first-order valence-electron chi connectivity index (χ1n) is 10.7. The van der Waals surface area contributed by atoms with Gasteiger partial charge < -0.3 is 10.6 Å². The number of halogens is 1. The lowest BCUT2D eigenvalue weighted by molar-refractivity contribution is -0.125. The lowest BCUT2D eigenvalue weighted by Gasteiger charge is -2.37. The molecule has 3 unspecified atom stereocenters. The monoisotopic (exact) mass is 404 g/mol. The minimum Gasteiger partial charge on any atom is -0.352 e. The summed E-state index contributed by atoms with van der Waals surface area (Å²) in [6.45, 7) is 7.47. The Labute approximate surface area is 172 Å². The summed E-state index contributed by atoms with van der Waals surface area (Å²) in [5.74, 6) is 0.147. The van der Waals surface area contributed by atoms with Crippen LogP contribution in [0.3, 0.4) is 0 Å². The largest absolute Gasteiger partial charge is 0.352 e. The van der Waals surface area contributed by atoms with Crippen LogP contribution in [0.4, 0.5) is 10.1 Å². The van der Waals surface area contributed by atoms with Gasteiger partial charge in [0, 0.05) is 37.9 Å². The summed E-state index contributed by atoms with van der Waals surface area (Å²) in [6.07, 6.45) is 4.74. The zero-order valence-electron chi connectivity index (χ0n) is 17.5. The first kappa shape index (κ1) is 21.7. The van der Waals surface area contributed by atoms with Crippen LogP contribution in [0.5, 0.6) is 0 Å². The maximum absolute atomic E-state index is 13.3. The number of benzene rings is 1. The number of rotatable bonds is 6.